The molecule has 0 radical (unpaired) electrons. The van der Waals surface area contributed by atoms with E-state index in [1.54, 1.807) is 29.2 Å². The summed E-state index contributed by atoms with van der Waals surface area (Å²) < 4.78 is 26.1. The summed E-state index contributed by atoms with van der Waals surface area (Å²) in [5.41, 5.74) is 2.49. The minimum Gasteiger partial charge on any atom is -0.354 e. The Morgan fingerprint density at radius 2 is 1.75 bits per heavy atom. The zero-order chi connectivity index (χ0) is 26.9. The van der Waals surface area contributed by atoms with Gasteiger partial charge in [0.15, 0.2) is 0 Å². The molecule has 0 spiro atoms. The number of halogens is 1. The average Bonchev–Trinajstić information content (AvgIpc) is 2.80. The minimum absolute atomic E-state index is 0.104. The van der Waals surface area contributed by atoms with E-state index in [1.807, 2.05) is 52.0 Å². The number of aryl methyl sites for hydroxylation is 1. The molecule has 9 heteroatoms. The van der Waals surface area contributed by atoms with Crippen LogP contribution in [0.4, 0.5) is 5.69 Å². The molecular weight excluding hydrogens is 498 g/mol. The molecule has 1 unspecified atom stereocenters. The van der Waals surface area contributed by atoms with Crippen molar-refractivity contribution in [3.63, 3.8) is 0 Å². The van der Waals surface area contributed by atoms with Crippen LogP contribution in [-0.2, 0) is 26.2 Å². The van der Waals surface area contributed by atoms with Crippen LogP contribution in [0.15, 0.2) is 48.5 Å². The monoisotopic (exact) mass is 535 g/mol. The number of nitrogens with zero attached hydrogens (tertiary/aromatic N) is 2. The van der Waals surface area contributed by atoms with Crippen molar-refractivity contribution < 1.29 is 18.0 Å². The van der Waals surface area contributed by atoms with Crippen molar-refractivity contribution in [2.24, 2.45) is 5.92 Å². The lowest BCUT2D eigenvalue weighted by molar-refractivity contribution is -0.141. The fraction of sp³-hybridized carbons (Fsp3) is 0.481. The lowest BCUT2D eigenvalue weighted by Gasteiger charge is -2.31. The summed E-state index contributed by atoms with van der Waals surface area (Å²) in [6.07, 6.45) is 2.00. The van der Waals surface area contributed by atoms with Crippen molar-refractivity contribution in [2.75, 3.05) is 23.7 Å². The van der Waals surface area contributed by atoms with E-state index in [4.69, 9.17) is 11.6 Å². The van der Waals surface area contributed by atoms with Gasteiger partial charge in [0, 0.05) is 31.1 Å². The molecule has 2 aromatic rings. The first-order valence-corrected chi connectivity index (χ1v) is 14.5. The molecule has 2 amide bonds. The number of carbonyl (C=O) groups is 2. The van der Waals surface area contributed by atoms with E-state index < -0.39 is 16.1 Å². The normalized spacial score (nSPS) is 12.3. The minimum atomic E-state index is -3.57. The predicted octanol–water partition coefficient (Wildman–Crippen LogP) is 4.77. The van der Waals surface area contributed by atoms with E-state index in [0.29, 0.717) is 42.6 Å². The highest BCUT2D eigenvalue weighted by Crippen LogP contribution is 2.23. The first kappa shape index (κ1) is 29.6. The molecule has 2 rings (SSSR count). The Labute approximate surface area is 220 Å². The summed E-state index contributed by atoms with van der Waals surface area (Å²) in [6, 6.07) is 13.9. The van der Waals surface area contributed by atoms with E-state index in [9.17, 15) is 18.0 Å². The van der Waals surface area contributed by atoms with Gasteiger partial charge in [-0.3, -0.25) is 13.9 Å². The van der Waals surface area contributed by atoms with Gasteiger partial charge >= 0.3 is 0 Å². The van der Waals surface area contributed by atoms with Crippen molar-refractivity contribution >= 4 is 39.1 Å². The van der Waals surface area contributed by atoms with Crippen LogP contribution in [0.2, 0.25) is 5.02 Å². The Morgan fingerprint density at radius 3 is 2.31 bits per heavy atom. The number of sulfonamides is 1. The number of hydrogen-bond acceptors (Lipinski definition) is 4. The van der Waals surface area contributed by atoms with E-state index in [0.717, 1.165) is 17.4 Å². The number of benzene rings is 2. The van der Waals surface area contributed by atoms with Gasteiger partial charge in [-0.05, 0) is 49.4 Å². The third kappa shape index (κ3) is 9.13. The molecule has 0 saturated heterocycles. The second-order valence-electron chi connectivity index (χ2n) is 9.49. The number of amides is 2. The molecular formula is C27H38ClN3O4S. The SMILES string of the molecule is CCC(C(=O)NCC(C)C)N(Cc1ccc(C)cc1)C(=O)CCCN(c1cccc(Cl)c1)S(C)(=O)=O. The smallest absolute Gasteiger partial charge is 0.242 e. The van der Waals surface area contributed by atoms with Gasteiger partial charge in [0.1, 0.15) is 6.04 Å². The van der Waals surface area contributed by atoms with Gasteiger partial charge in [0.25, 0.3) is 0 Å². The molecule has 0 aliphatic rings. The molecule has 0 aliphatic carbocycles. The van der Waals surface area contributed by atoms with Crippen molar-refractivity contribution in [3.05, 3.63) is 64.7 Å². The summed E-state index contributed by atoms with van der Waals surface area (Å²) in [7, 11) is -3.57. The van der Waals surface area contributed by atoms with Crippen molar-refractivity contribution in [1.29, 1.82) is 0 Å². The van der Waals surface area contributed by atoms with Gasteiger partial charge in [-0.25, -0.2) is 8.42 Å². The fourth-order valence-electron chi connectivity index (χ4n) is 3.87. The number of anilines is 1. The van der Waals surface area contributed by atoms with E-state index in [2.05, 4.69) is 5.32 Å². The third-order valence-electron chi connectivity index (χ3n) is 5.79. The zero-order valence-corrected chi connectivity index (χ0v) is 23.4. The van der Waals surface area contributed by atoms with Crippen LogP contribution in [0.25, 0.3) is 0 Å². The summed E-state index contributed by atoms with van der Waals surface area (Å²) in [4.78, 5) is 28.0. The Hall–Kier alpha value is -2.58. The Balaban J connectivity index is 2.20. The molecule has 7 nitrogen and oxygen atoms in total. The van der Waals surface area contributed by atoms with Crippen LogP contribution in [0.1, 0.15) is 51.2 Å². The fourth-order valence-corrected chi connectivity index (χ4v) is 5.01. The maximum atomic E-state index is 13.4. The molecule has 1 N–H and O–H groups in total. The summed E-state index contributed by atoms with van der Waals surface area (Å²) >= 11 is 6.06. The molecule has 2 aromatic carbocycles. The van der Waals surface area contributed by atoms with Crippen molar-refractivity contribution in [2.45, 2.75) is 59.5 Å². The largest absolute Gasteiger partial charge is 0.354 e. The zero-order valence-electron chi connectivity index (χ0n) is 21.8. The van der Waals surface area contributed by atoms with Gasteiger partial charge in [0.05, 0.1) is 11.9 Å². The number of nitrogens with one attached hydrogen (secondary N) is 1. The summed E-state index contributed by atoms with van der Waals surface area (Å²) in [5, 5.41) is 3.38. The first-order chi connectivity index (χ1) is 16.9. The van der Waals surface area contributed by atoms with Crippen LogP contribution in [0.5, 0.6) is 0 Å². The highest BCUT2D eigenvalue weighted by Gasteiger charge is 2.29. The van der Waals surface area contributed by atoms with Crippen molar-refractivity contribution in [1.82, 2.24) is 10.2 Å². The molecule has 0 aliphatic heterocycles. The molecule has 1 atom stereocenters. The average molecular weight is 536 g/mol. The highest BCUT2D eigenvalue weighted by atomic mass is 35.5. The van der Waals surface area contributed by atoms with Crippen LogP contribution in [-0.4, -0.2) is 50.5 Å². The van der Waals surface area contributed by atoms with Crippen LogP contribution in [0, 0.1) is 12.8 Å². The summed E-state index contributed by atoms with van der Waals surface area (Å²) in [5.74, 6) is -0.0776. The highest BCUT2D eigenvalue weighted by molar-refractivity contribution is 7.92. The molecule has 198 valence electrons. The predicted molar refractivity (Wildman–Crippen MR) is 147 cm³/mol. The van der Waals surface area contributed by atoms with Gasteiger partial charge < -0.3 is 10.2 Å². The standard InChI is InChI=1S/C27H38ClN3O4S/c1-6-25(27(33)29-18-20(2)3)30(19-22-14-12-21(4)13-15-22)26(32)11-8-16-31(36(5,34)35)24-10-7-9-23(28)17-24/h7,9-10,12-15,17,20,25H,6,8,11,16,18-19H2,1-5H3,(H,29,33). The van der Waals surface area contributed by atoms with E-state index in [-0.39, 0.29) is 24.8 Å². The van der Waals surface area contributed by atoms with Gasteiger partial charge in [0.2, 0.25) is 21.8 Å². The maximum absolute atomic E-state index is 13.4. The first-order valence-electron chi connectivity index (χ1n) is 12.3. The Kier molecular flexibility index (Phi) is 11.2. The van der Waals surface area contributed by atoms with Crippen LogP contribution in [0.3, 0.4) is 0 Å². The second kappa shape index (κ2) is 13.7. The van der Waals surface area contributed by atoms with E-state index >= 15 is 0 Å². The number of hydrogen-bond donors (Lipinski definition) is 1. The molecule has 0 saturated carbocycles. The third-order valence-corrected chi connectivity index (χ3v) is 7.22. The maximum Gasteiger partial charge on any atom is 0.242 e. The van der Waals surface area contributed by atoms with Gasteiger partial charge in [-0.1, -0.05) is 68.3 Å². The van der Waals surface area contributed by atoms with E-state index in [1.165, 1.54) is 4.31 Å². The topological polar surface area (TPSA) is 86.8 Å². The second-order valence-corrected chi connectivity index (χ2v) is 11.8. The van der Waals surface area contributed by atoms with Gasteiger partial charge in [-0.15, -0.1) is 0 Å². The number of carbonyl (C=O) groups excluding carboxylic acids is 2. The molecule has 0 aromatic heterocycles. The lowest BCUT2D eigenvalue weighted by atomic mass is 10.1. The van der Waals surface area contributed by atoms with Crippen molar-refractivity contribution in [3.8, 4) is 0 Å². The number of rotatable bonds is 13. The Morgan fingerprint density at radius 1 is 1.08 bits per heavy atom. The Bertz CT molecular complexity index is 1120. The van der Waals surface area contributed by atoms with Gasteiger partial charge in [-0.2, -0.15) is 0 Å². The molecule has 0 fully saturated rings. The quantitative estimate of drug-likeness (QED) is 0.400. The van der Waals surface area contributed by atoms with Crippen LogP contribution >= 0.6 is 11.6 Å². The molecule has 0 heterocycles. The molecule has 0 bridgehead atoms. The van der Waals surface area contributed by atoms with Crippen LogP contribution < -0.4 is 9.62 Å². The molecule has 36 heavy (non-hydrogen) atoms. The summed E-state index contributed by atoms with van der Waals surface area (Å²) in [6.45, 7) is 8.88. The lowest BCUT2D eigenvalue weighted by Crippen LogP contribution is -2.49.